The van der Waals surface area contributed by atoms with Crippen LogP contribution in [-0.2, 0) is 0 Å². The molecule has 0 radical (unpaired) electrons. The molecule has 0 N–H and O–H groups in total. The van der Waals surface area contributed by atoms with E-state index >= 15 is 0 Å². The summed E-state index contributed by atoms with van der Waals surface area (Å²) in [5, 5.41) is 2.23. The fourth-order valence-corrected chi connectivity index (χ4v) is 2.55. The van der Waals surface area contributed by atoms with Crippen LogP contribution < -0.4 is 0 Å². The summed E-state index contributed by atoms with van der Waals surface area (Å²) in [7, 11) is 0. The van der Waals surface area contributed by atoms with E-state index in [2.05, 4.69) is 22.1 Å². The van der Waals surface area contributed by atoms with Crippen molar-refractivity contribution in [1.29, 1.82) is 0 Å². The number of rotatable bonds is 1. The van der Waals surface area contributed by atoms with Crippen molar-refractivity contribution in [1.82, 2.24) is 15.0 Å². The fourth-order valence-electron chi connectivity index (χ4n) is 2.55. The van der Waals surface area contributed by atoms with Gasteiger partial charge in [-0.15, -0.1) is 0 Å². The Hall–Kier alpha value is -2.81. The second-order valence-corrected chi connectivity index (χ2v) is 4.62. The summed E-state index contributed by atoms with van der Waals surface area (Å²) in [4.78, 5) is 13.1. The molecule has 20 heavy (non-hydrogen) atoms. The summed E-state index contributed by atoms with van der Waals surface area (Å²) >= 11 is 0. The van der Waals surface area contributed by atoms with Crippen LogP contribution in [0.25, 0.3) is 33.1 Å². The zero-order valence-electron chi connectivity index (χ0n) is 10.7. The standard InChI is InChI=1S/C17H11N3/c1-3-7-14-12(5-1)17(16-9-10-18-11-19-16)13-6-2-4-8-15(13)20-14/h1-11H. The maximum atomic E-state index is 4.72. The molecule has 0 bridgehead atoms. The number of nitrogens with zero attached hydrogens (tertiary/aromatic N) is 3. The topological polar surface area (TPSA) is 38.7 Å². The molecule has 4 aromatic rings. The molecule has 2 heterocycles. The minimum absolute atomic E-state index is 0.926. The van der Waals surface area contributed by atoms with Gasteiger partial charge in [-0.3, -0.25) is 0 Å². The highest BCUT2D eigenvalue weighted by atomic mass is 14.8. The van der Waals surface area contributed by atoms with Gasteiger partial charge < -0.3 is 0 Å². The first-order chi connectivity index (χ1) is 9.93. The summed E-state index contributed by atoms with van der Waals surface area (Å²) in [5.41, 5.74) is 4.02. The molecule has 2 aromatic carbocycles. The number of para-hydroxylation sites is 2. The van der Waals surface area contributed by atoms with Crippen LogP contribution >= 0.6 is 0 Å². The molecule has 0 saturated carbocycles. The second-order valence-electron chi connectivity index (χ2n) is 4.62. The second kappa shape index (κ2) is 4.38. The van der Waals surface area contributed by atoms with Crippen molar-refractivity contribution in [3.05, 3.63) is 67.1 Å². The van der Waals surface area contributed by atoms with E-state index in [1.54, 1.807) is 12.5 Å². The van der Waals surface area contributed by atoms with Crippen LogP contribution in [0.2, 0.25) is 0 Å². The van der Waals surface area contributed by atoms with E-state index in [-0.39, 0.29) is 0 Å². The Morgan fingerprint density at radius 2 is 1.35 bits per heavy atom. The summed E-state index contributed by atoms with van der Waals surface area (Å²) in [6, 6.07) is 18.3. The lowest BCUT2D eigenvalue weighted by molar-refractivity contribution is 1.18. The molecule has 3 heteroatoms. The average Bonchev–Trinajstić information content (AvgIpc) is 2.53. The third kappa shape index (κ3) is 1.64. The molecule has 94 valence electrons. The van der Waals surface area contributed by atoms with E-state index < -0.39 is 0 Å². The van der Waals surface area contributed by atoms with Crippen molar-refractivity contribution in [2.45, 2.75) is 0 Å². The molecule has 0 fully saturated rings. The Bertz CT molecular complexity index is 847. The van der Waals surface area contributed by atoms with Crippen molar-refractivity contribution in [3.8, 4) is 11.3 Å². The number of fused-ring (bicyclic) bond motifs is 2. The van der Waals surface area contributed by atoms with Gasteiger partial charge >= 0.3 is 0 Å². The highest BCUT2D eigenvalue weighted by Crippen LogP contribution is 2.32. The maximum absolute atomic E-state index is 4.72. The maximum Gasteiger partial charge on any atom is 0.116 e. The van der Waals surface area contributed by atoms with Gasteiger partial charge in [-0.25, -0.2) is 15.0 Å². The molecule has 0 aliphatic heterocycles. The molecule has 4 rings (SSSR count). The van der Waals surface area contributed by atoms with E-state index in [0.29, 0.717) is 0 Å². The van der Waals surface area contributed by atoms with Crippen LogP contribution in [0.3, 0.4) is 0 Å². The molecular weight excluding hydrogens is 246 g/mol. The van der Waals surface area contributed by atoms with E-state index in [0.717, 1.165) is 33.1 Å². The minimum Gasteiger partial charge on any atom is -0.248 e. The molecule has 0 aliphatic carbocycles. The molecule has 0 saturated heterocycles. The Morgan fingerprint density at radius 3 is 1.95 bits per heavy atom. The summed E-state index contributed by atoms with van der Waals surface area (Å²) in [6.07, 6.45) is 3.35. The Labute approximate surface area is 116 Å². The van der Waals surface area contributed by atoms with E-state index in [9.17, 15) is 0 Å². The number of hydrogen-bond donors (Lipinski definition) is 0. The minimum atomic E-state index is 0.926. The van der Waals surface area contributed by atoms with E-state index in [1.807, 2.05) is 42.5 Å². The van der Waals surface area contributed by atoms with Crippen molar-refractivity contribution >= 4 is 21.8 Å². The molecule has 3 nitrogen and oxygen atoms in total. The summed E-state index contributed by atoms with van der Waals surface area (Å²) in [5.74, 6) is 0. The fraction of sp³-hybridized carbons (Fsp3) is 0. The van der Waals surface area contributed by atoms with Crippen molar-refractivity contribution in [3.63, 3.8) is 0 Å². The van der Waals surface area contributed by atoms with Crippen LogP contribution in [0, 0.1) is 0 Å². The molecule has 2 aromatic heterocycles. The lowest BCUT2D eigenvalue weighted by Crippen LogP contribution is -1.91. The Morgan fingerprint density at radius 1 is 0.700 bits per heavy atom. The first kappa shape index (κ1) is 11.1. The normalized spacial score (nSPS) is 11.0. The van der Waals surface area contributed by atoms with Crippen molar-refractivity contribution < 1.29 is 0 Å². The first-order valence-electron chi connectivity index (χ1n) is 6.47. The summed E-state index contributed by atoms with van der Waals surface area (Å²) in [6.45, 7) is 0. The predicted octanol–water partition coefficient (Wildman–Crippen LogP) is 3.85. The lowest BCUT2D eigenvalue weighted by atomic mass is 10.00. The third-order valence-corrected chi connectivity index (χ3v) is 3.43. The van der Waals surface area contributed by atoms with Crippen LogP contribution in [-0.4, -0.2) is 15.0 Å². The van der Waals surface area contributed by atoms with Gasteiger partial charge in [0, 0.05) is 22.5 Å². The van der Waals surface area contributed by atoms with Gasteiger partial charge in [0.05, 0.1) is 16.7 Å². The Kier molecular flexibility index (Phi) is 2.42. The van der Waals surface area contributed by atoms with Crippen LogP contribution in [0.1, 0.15) is 0 Å². The van der Waals surface area contributed by atoms with Gasteiger partial charge in [0.15, 0.2) is 0 Å². The van der Waals surface area contributed by atoms with Crippen LogP contribution in [0.4, 0.5) is 0 Å². The van der Waals surface area contributed by atoms with E-state index in [4.69, 9.17) is 4.98 Å². The lowest BCUT2D eigenvalue weighted by Gasteiger charge is -2.09. The first-order valence-corrected chi connectivity index (χ1v) is 6.47. The largest absolute Gasteiger partial charge is 0.248 e. The molecule has 0 atom stereocenters. The van der Waals surface area contributed by atoms with Crippen molar-refractivity contribution in [2.24, 2.45) is 0 Å². The van der Waals surface area contributed by atoms with Gasteiger partial charge in [0.1, 0.15) is 6.33 Å². The molecule has 0 amide bonds. The molecule has 0 aliphatic rings. The molecular formula is C17H11N3. The SMILES string of the molecule is c1ccc2c(-c3ccncn3)c3ccccc3nc2c1. The van der Waals surface area contributed by atoms with Gasteiger partial charge in [-0.05, 0) is 18.2 Å². The monoisotopic (exact) mass is 257 g/mol. The van der Waals surface area contributed by atoms with Gasteiger partial charge in [-0.1, -0.05) is 36.4 Å². The van der Waals surface area contributed by atoms with E-state index in [1.165, 1.54) is 0 Å². The van der Waals surface area contributed by atoms with Crippen LogP contribution in [0.15, 0.2) is 67.1 Å². The number of aromatic nitrogens is 3. The zero-order chi connectivity index (χ0) is 13.4. The number of pyridine rings is 1. The zero-order valence-corrected chi connectivity index (χ0v) is 10.7. The predicted molar refractivity (Wildman–Crippen MR) is 80.3 cm³/mol. The number of benzene rings is 2. The Balaban J connectivity index is 2.24. The van der Waals surface area contributed by atoms with Gasteiger partial charge in [0.2, 0.25) is 0 Å². The quantitative estimate of drug-likeness (QED) is 0.486. The third-order valence-electron chi connectivity index (χ3n) is 3.43. The molecule has 0 unspecified atom stereocenters. The highest BCUT2D eigenvalue weighted by Gasteiger charge is 2.11. The summed E-state index contributed by atoms with van der Waals surface area (Å²) < 4.78 is 0. The average molecular weight is 257 g/mol. The molecule has 0 spiro atoms. The highest BCUT2D eigenvalue weighted by molar-refractivity contribution is 6.08. The van der Waals surface area contributed by atoms with Crippen molar-refractivity contribution in [2.75, 3.05) is 0 Å². The number of hydrogen-bond acceptors (Lipinski definition) is 3. The van der Waals surface area contributed by atoms with Crippen LogP contribution in [0.5, 0.6) is 0 Å². The van der Waals surface area contributed by atoms with Gasteiger partial charge in [-0.2, -0.15) is 0 Å². The van der Waals surface area contributed by atoms with Gasteiger partial charge in [0.25, 0.3) is 0 Å². The smallest absolute Gasteiger partial charge is 0.116 e.